The Morgan fingerprint density at radius 1 is 1.48 bits per heavy atom. The van der Waals surface area contributed by atoms with Crippen molar-refractivity contribution in [2.45, 2.75) is 38.3 Å². The Morgan fingerprint density at radius 3 is 2.85 bits per heavy atom. The highest BCUT2D eigenvalue weighted by Gasteiger charge is 2.25. The number of hydrogen-bond donors (Lipinski definition) is 3. The third-order valence-electron chi connectivity index (χ3n) is 4.05. The number of nitro groups is 1. The van der Waals surface area contributed by atoms with E-state index in [0.29, 0.717) is 25.5 Å². The second-order valence-electron chi connectivity index (χ2n) is 6.06. The first-order valence-corrected chi connectivity index (χ1v) is 8.69. The highest BCUT2D eigenvalue weighted by molar-refractivity contribution is 5.95. The molecule has 1 amide bonds. The summed E-state index contributed by atoms with van der Waals surface area (Å²) in [6.07, 6.45) is 1.32. The van der Waals surface area contributed by atoms with Gasteiger partial charge in [-0.25, -0.2) is 0 Å². The van der Waals surface area contributed by atoms with Gasteiger partial charge in [-0.3, -0.25) is 19.7 Å². The van der Waals surface area contributed by atoms with Crippen LogP contribution >= 0.6 is 0 Å². The zero-order valence-corrected chi connectivity index (χ0v) is 15.0. The molecule has 2 atom stereocenters. The fourth-order valence-corrected chi connectivity index (χ4v) is 2.74. The van der Waals surface area contributed by atoms with E-state index < -0.39 is 22.8 Å². The maximum Gasteiger partial charge on any atom is 0.321 e. The molecule has 1 aliphatic heterocycles. The average Bonchev–Trinajstić information content (AvgIpc) is 3.13. The van der Waals surface area contributed by atoms with Gasteiger partial charge in [0, 0.05) is 13.2 Å². The van der Waals surface area contributed by atoms with E-state index in [-0.39, 0.29) is 23.9 Å². The van der Waals surface area contributed by atoms with Crippen molar-refractivity contribution in [3.05, 3.63) is 28.3 Å². The van der Waals surface area contributed by atoms with Crippen LogP contribution in [0.25, 0.3) is 0 Å². The number of carbonyl (C=O) groups excluding carboxylic acids is 1. The predicted octanol–water partition coefficient (Wildman–Crippen LogP) is 1.54. The van der Waals surface area contributed by atoms with Gasteiger partial charge in [0.25, 0.3) is 5.69 Å². The van der Waals surface area contributed by atoms with Crippen LogP contribution in [-0.2, 0) is 14.3 Å². The number of rotatable bonds is 10. The third kappa shape index (κ3) is 6.19. The van der Waals surface area contributed by atoms with Crippen molar-refractivity contribution in [1.29, 1.82) is 0 Å². The van der Waals surface area contributed by atoms with Crippen LogP contribution in [0.5, 0.6) is 5.75 Å². The van der Waals surface area contributed by atoms with Gasteiger partial charge in [-0.1, -0.05) is 0 Å². The number of nitrogens with zero attached hydrogens (tertiary/aromatic N) is 1. The first-order valence-electron chi connectivity index (χ1n) is 8.69. The summed E-state index contributed by atoms with van der Waals surface area (Å²) in [6.45, 7) is 3.07. The Bertz CT molecular complexity index is 689. The van der Waals surface area contributed by atoms with E-state index in [1.807, 2.05) is 0 Å². The van der Waals surface area contributed by atoms with Gasteiger partial charge in [0.2, 0.25) is 5.91 Å². The monoisotopic (exact) mass is 381 g/mol. The second-order valence-corrected chi connectivity index (χ2v) is 6.06. The molecular formula is C17H23N3O7. The molecule has 27 heavy (non-hydrogen) atoms. The van der Waals surface area contributed by atoms with Gasteiger partial charge < -0.3 is 25.2 Å². The largest absolute Gasteiger partial charge is 0.494 e. The van der Waals surface area contributed by atoms with E-state index in [0.717, 1.165) is 12.8 Å². The number of amides is 1. The summed E-state index contributed by atoms with van der Waals surface area (Å²) in [6, 6.07) is 2.95. The number of anilines is 1. The van der Waals surface area contributed by atoms with Crippen LogP contribution in [0.3, 0.4) is 0 Å². The van der Waals surface area contributed by atoms with Gasteiger partial charge in [0.1, 0.15) is 17.5 Å². The lowest BCUT2D eigenvalue weighted by Crippen LogP contribution is -2.43. The molecule has 0 bridgehead atoms. The van der Waals surface area contributed by atoms with Crippen molar-refractivity contribution in [3.63, 3.8) is 0 Å². The van der Waals surface area contributed by atoms with Crippen LogP contribution < -0.4 is 15.4 Å². The molecular weight excluding hydrogens is 358 g/mol. The molecule has 3 N–H and O–H groups in total. The summed E-state index contributed by atoms with van der Waals surface area (Å²) >= 11 is 0. The minimum Gasteiger partial charge on any atom is -0.494 e. The van der Waals surface area contributed by atoms with Crippen LogP contribution in [0.1, 0.15) is 26.2 Å². The highest BCUT2D eigenvalue weighted by Crippen LogP contribution is 2.29. The summed E-state index contributed by atoms with van der Waals surface area (Å²) < 4.78 is 10.6. The SMILES string of the molecule is CCOc1ccc(NC(=O)CC(NCC2CCCO2)C(=O)O)c([N+](=O)[O-])c1. The Balaban J connectivity index is 1.99. The molecule has 10 heteroatoms. The van der Waals surface area contributed by atoms with E-state index in [9.17, 15) is 24.8 Å². The maximum atomic E-state index is 12.2. The number of nitrogens with one attached hydrogen (secondary N) is 2. The van der Waals surface area contributed by atoms with Gasteiger partial charge >= 0.3 is 5.97 Å². The maximum absolute atomic E-state index is 12.2. The van der Waals surface area contributed by atoms with Gasteiger partial charge in [-0.2, -0.15) is 0 Å². The molecule has 0 aromatic heterocycles. The minimum atomic E-state index is -1.18. The van der Waals surface area contributed by atoms with Crippen molar-refractivity contribution >= 4 is 23.3 Å². The molecule has 1 fully saturated rings. The van der Waals surface area contributed by atoms with Crippen LogP contribution in [0.2, 0.25) is 0 Å². The Kier molecular flexibility index (Phi) is 7.50. The quantitative estimate of drug-likeness (QED) is 0.409. The normalized spacial score (nSPS) is 17.3. The first kappa shape index (κ1) is 20.6. The number of aliphatic carboxylic acids is 1. The molecule has 148 valence electrons. The van der Waals surface area contributed by atoms with Gasteiger partial charge in [-0.15, -0.1) is 0 Å². The average molecular weight is 381 g/mol. The Morgan fingerprint density at radius 2 is 2.26 bits per heavy atom. The van der Waals surface area contributed by atoms with E-state index in [4.69, 9.17) is 9.47 Å². The van der Waals surface area contributed by atoms with Crippen LogP contribution in [-0.4, -0.2) is 53.8 Å². The number of carbonyl (C=O) groups is 2. The standard InChI is InChI=1S/C17H23N3O7/c1-2-26-11-5-6-13(15(8-11)20(24)25)19-16(21)9-14(17(22)23)18-10-12-4-3-7-27-12/h5-6,8,12,14,18H,2-4,7,9-10H2,1H3,(H,19,21)(H,22,23). The topological polar surface area (TPSA) is 140 Å². The zero-order valence-electron chi connectivity index (χ0n) is 15.0. The number of benzene rings is 1. The molecule has 0 spiro atoms. The molecule has 1 heterocycles. The molecule has 2 unspecified atom stereocenters. The summed E-state index contributed by atoms with van der Waals surface area (Å²) in [5.74, 6) is -1.51. The first-order chi connectivity index (χ1) is 12.9. The zero-order chi connectivity index (χ0) is 19.8. The lowest BCUT2D eigenvalue weighted by Gasteiger charge is -2.17. The number of carboxylic acids is 1. The summed E-state index contributed by atoms with van der Waals surface area (Å²) in [5.41, 5.74) is -0.342. The Labute approximate surface area is 156 Å². The predicted molar refractivity (Wildman–Crippen MR) is 95.9 cm³/mol. The fraction of sp³-hybridized carbons (Fsp3) is 0.529. The molecule has 2 rings (SSSR count). The summed E-state index contributed by atoms with van der Waals surface area (Å²) in [5, 5.41) is 25.7. The molecule has 0 saturated carbocycles. The molecule has 0 radical (unpaired) electrons. The summed E-state index contributed by atoms with van der Waals surface area (Å²) in [4.78, 5) is 34.2. The second kappa shape index (κ2) is 9.83. The van der Waals surface area contributed by atoms with E-state index in [1.165, 1.54) is 18.2 Å². The molecule has 1 aromatic rings. The number of hydrogen-bond acceptors (Lipinski definition) is 7. The lowest BCUT2D eigenvalue weighted by molar-refractivity contribution is -0.384. The lowest BCUT2D eigenvalue weighted by atomic mass is 10.1. The summed E-state index contributed by atoms with van der Waals surface area (Å²) in [7, 11) is 0. The van der Waals surface area contributed by atoms with E-state index in [1.54, 1.807) is 6.92 Å². The van der Waals surface area contributed by atoms with Crippen molar-refractivity contribution in [3.8, 4) is 5.75 Å². The number of ether oxygens (including phenoxy) is 2. The fourth-order valence-electron chi connectivity index (χ4n) is 2.74. The number of nitro benzene ring substituents is 1. The number of carboxylic acid groups (broad SMARTS) is 1. The van der Waals surface area contributed by atoms with Crippen molar-refractivity contribution in [2.24, 2.45) is 0 Å². The van der Waals surface area contributed by atoms with Crippen molar-refractivity contribution < 1.29 is 29.1 Å². The van der Waals surface area contributed by atoms with Crippen LogP contribution in [0.4, 0.5) is 11.4 Å². The van der Waals surface area contributed by atoms with Crippen LogP contribution in [0, 0.1) is 10.1 Å². The van der Waals surface area contributed by atoms with Crippen molar-refractivity contribution in [2.75, 3.05) is 25.1 Å². The molecule has 1 saturated heterocycles. The van der Waals surface area contributed by atoms with E-state index >= 15 is 0 Å². The third-order valence-corrected chi connectivity index (χ3v) is 4.05. The highest BCUT2D eigenvalue weighted by atomic mass is 16.6. The van der Waals surface area contributed by atoms with Crippen LogP contribution in [0.15, 0.2) is 18.2 Å². The molecule has 0 aliphatic carbocycles. The van der Waals surface area contributed by atoms with Gasteiger partial charge in [0.15, 0.2) is 0 Å². The molecule has 1 aromatic carbocycles. The van der Waals surface area contributed by atoms with Gasteiger partial charge in [0.05, 0.1) is 30.1 Å². The van der Waals surface area contributed by atoms with Crippen molar-refractivity contribution in [1.82, 2.24) is 5.32 Å². The minimum absolute atomic E-state index is 0.0169. The smallest absolute Gasteiger partial charge is 0.321 e. The van der Waals surface area contributed by atoms with E-state index in [2.05, 4.69) is 10.6 Å². The van der Waals surface area contributed by atoms with Gasteiger partial charge in [-0.05, 0) is 31.9 Å². The molecule has 1 aliphatic rings. The molecule has 10 nitrogen and oxygen atoms in total. The Hall–Kier alpha value is -2.72.